The highest BCUT2D eigenvalue weighted by Gasteiger charge is 2.17. The summed E-state index contributed by atoms with van der Waals surface area (Å²) in [6.45, 7) is 3.73. The minimum Gasteiger partial charge on any atom is -0.465 e. The molecule has 9 heteroatoms. The van der Waals surface area contributed by atoms with Gasteiger partial charge in [0, 0.05) is 26.4 Å². The van der Waals surface area contributed by atoms with Crippen LogP contribution >= 0.6 is 22.6 Å². The number of halogens is 1. The predicted molar refractivity (Wildman–Crippen MR) is 129 cm³/mol. The summed E-state index contributed by atoms with van der Waals surface area (Å²) in [5.74, 6) is -0.357. The Morgan fingerprint density at radius 2 is 1.94 bits per heavy atom. The van der Waals surface area contributed by atoms with E-state index in [4.69, 9.17) is 15.0 Å². The Bertz CT molecular complexity index is 1360. The molecule has 0 fully saturated rings. The largest absolute Gasteiger partial charge is 0.465 e. The number of pyridine rings is 1. The number of carbonyl (C=O) groups excluding carboxylic acids is 2. The van der Waals surface area contributed by atoms with Crippen molar-refractivity contribution in [2.24, 2.45) is 5.73 Å². The third-order valence-electron chi connectivity index (χ3n) is 5.04. The molecule has 0 bridgehead atoms. The molecular weight excluding hydrogens is 523 g/mol. The standard InChI is InChI=1S/C23H19IN4O4/c1-11-20(12(2)32-28-11)13-4-5-17-19(8-13)26-10-18(22(25)29)21(17)27-16-7-14(23(30)31-3)6-15(24)9-16/h4-10H,1-3H3,(H2,25,29)(H,26,27). The van der Waals surface area contributed by atoms with Gasteiger partial charge in [0.1, 0.15) is 5.76 Å². The molecule has 0 saturated heterocycles. The Hall–Kier alpha value is -3.47. The Labute approximate surface area is 197 Å². The van der Waals surface area contributed by atoms with E-state index >= 15 is 0 Å². The molecule has 4 aromatic rings. The van der Waals surface area contributed by atoms with Crippen LogP contribution in [-0.4, -0.2) is 29.1 Å². The maximum atomic E-state index is 12.1. The summed E-state index contributed by atoms with van der Waals surface area (Å²) in [6, 6.07) is 10.9. The molecule has 162 valence electrons. The third-order valence-corrected chi connectivity index (χ3v) is 5.67. The van der Waals surface area contributed by atoms with Gasteiger partial charge in [-0.3, -0.25) is 9.78 Å². The van der Waals surface area contributed by atoms with Gasteiger partial charge < -0.3 is 20.3 Å². The molecule has 0 radical (unpaired) electrons. The van der Waals surface area contributed by atoms with Gasteiger partial charge in [0.25, 0.3) is 5.91 Å². The number of nitrogens with one attached hydrogen (secondary N) is 1. The van der Waals surface area contributed by atoms with Crippen LogP contribution in [0.4, 0.5) is 11.4 Å². The molecule has 0 unspecified atom stereocenters. The first-order valence-corrected chi connectivity index (χ1v) is 10.7. The van der Waals surface area contributed by atoms with Gasteiger partial charge >= 0.3 is 5.97 Å². The number of nitrogens with zero attached hydrogens (tertiary/aromatic N) is 2. The molecule has 2 aromatic carbocycles. The summed E-state index contributed by atoms with van der Waals surface area (Å²) in [5, 5.41) is 7.97. The minimum atomic E-state index is -0.615. The average molecular weight is 542 g/mol. The lowest BCUT2D eigenvalue weighted by molar-refractivity contribution is 0.0600. The summed E-state index contributed by atoms with van der Waals surface area (Å²) in [7, 11) is 1.33. The number of ether oxygens (including phenoxy) is 1. The number of hydrogen-bond acceptors (Lipinski definition) is 7. The number of rotatable bonds is 5. The molecule has 0 saturated carbocycles. The number of nitrogens with two attached hydrogens (primary N) is 1. The predicted octanol–water partition coefficient (Wildman–Crippen LogP) is 4.74. The van der Waals surface area contributed by atoms with E-state index in [1.54, 1.807) is 12.1 Å². The first kappa shape index (κ1) is 21.8. The molecule has 32 heavy (non-hydrogen) atoms. The number of fused-ring (bicyclic) bond motifs is 1. The second kappa shape index (κ2) is 8.58. The Morgan fingerprint density at radius 1 is 1.16 bits per heavy atom. The summed E-state index contributed by atoms with van der Waals surface area (Å²) in [4.78, 5) is 28.6. The zero-order valence-electron chi connectivity index (χ0n) is 17.5. The van der Waals surface area contributed by atoms with Gasteiger partial charge in [-0.15, -0.1) is 0 Å². The lowest BCUT2D eigenvalue weighted by atomic mass is 10.0. The van der Waals surface area contributed by atoms with Crippen LogP contribution in [0.25, 0.3) is 22.0 Å². The molecule has 0 aliphatic heterocycles. The molecule has 0 spiro atoms. The van der Waals surface area contributed by atoms with Crippen LogP contribution in [0.5, 0.6) is 0 Å². The number of aromatic nitrogens is 2. The fraction of sp³-hybridized carbons (Fsp3) is 0.130. The number of primary amides is 1. The van der Waals surface area contributed by atoms with Crippen molar-refractivity contribution in [1.29, 1.82) is 0 Å². The number of hydrogen-bond donors (Lipinski definition) is 2. The Morgan fingerprint density at radius 3 is 2.59 bits per heavy atom. The van der Waals surface area contributed by atoms with Crippen molar-refractivity contribution >= 4 is 56.7 Å². The summed E-state index contributed by atoms with van der Waals surface area (Å²) in [6.07, 6.45) is 1.44. The highest BCUT2D eigenvalue weighted by molar-refractivity contribution is 14.1. The molecule has 0 aliphatic rings. The fourth-order valence-corrected chi connectivity index (χ4v) is 4.28. The maximum absolute atomic E-state index is 12.1. The highest BCUT2D eigenvalue weighted by atomic mass is 127. The molecule has 2 heterocycles. The van der Waals surface area contributed by atoms with Gasteiger partial charge in [-0.25, -0.2) is 4.79 Å². The van der Waals surface area contributed by atoms with Crippen molar-refractivity contribution in [2.45, 2.75) is 13.8 Å². The minimum absolute atomic E-state index is 0.237. The molecule has 3 N–H and O–H groups in total. The van der Waals surface area contributed by atoms with Crippen LogP contribution in [0.1, 0.15) is 32.2 Å². The van der Waals surface area contributed by atoms with E-state index in [2.05, 4.69) is 38.0 Å². The van der Waals surface area contributed by atoms with E-state index < -0.39 is 11.9 Å². The van der Waals surface area contributed by atoms with E-state index in [1.807, 2.05) is 38.1 Å². The maximum Gasteiger partial charge on any atom is 0.337 e. The van der Waals surface area contributed by atoms with E-state index in [0.717, 1.165) is 20.4 Å². The smallest absolute Gasteiger partial charge is 0.337 e. The van der Waals surface area contributed by atoms with E-state index in [1.165, 1.54) is 13.3 Å². The number of amides is 1. The Balaban J connectivity index is 1.86. The molecule has 1 amide bonds. The molecule has 2 aromatic heterocycles. The van der Waals surface area contributed by atoms with Crippen molar-refractivity contribution < 1.29 is 18.8 Å². The zero-order valence-corrected chi connectivity index (χ0v) is 19.7. The van der Waals surface area contributed by atoms with Crippen LogP contribution in [0, 0.1) is 17.4 Å². The number of benzene rings is 2. The van der Waals surface area contributed by atoms with Crippen LogP contribution in [0.2, 0.25) is 0 Å². The van der Waals surface area contributed by atoms with Crippen molar-refractivity contribution in [3.63, 3.8) is 0 Å². The lowest BCUT2D eigenvalue weighted by Gasteiger charge is -2.15. The first-order chi connectivity index (χ1) is 15.3. The second-order valence-electron chi connectivity index (χ2n) is 7.19. The molecule has 4 rings (SSSR count). The summed E-state index contributed by atoms with van der Waals surface area (Å²) < 4.78 is 10.9. The van der Waals surface area contributed by atoms with Crippen molar-refractivity contribution in [3.05, 3.63) is 68.7 Å². The monoisotopic (exact) mass is 542 g/mol. The van der Waals surface area contributed by atoms with Gasteiger partial charge in [-0.05, 0) is 66.3 Å². The highest BCUT2D eigenvalue weighted by Crippen LogP contribution is 2.34. The number of methoxy groups -OCH3 is 1. The van der Waals surface area contributed by atoms with Crippen LogP contribution in [0.15, 0.2) is 47.1 Å². The molecule has 0 atom stereocenters. The average Bonchev–Trinajstić information content (AvgIpc) is 3.10. The first-order valence-electron chi connectivity index (χ1n) is 9.60. The van der Waals surface area contributed by atoms with Gasteiger partial charge in [-0.1, -0.05) is 17.3 Å². The number of anilines is 2. The Kier molecular flexibility index (Phi) is 5.83. The lowest BCUT2D eigenvalue weighted by Crippen LogP contribution is -2.14. The summed E-state index contributed by atoms with van der Waals surface area (Å²) >= 11 is 2.11. The molecule has 8 nitrogen and oxygen atoms in total. The number of aryl methyl sites for hydroxylation is 2. The van der Waals surface area contributed by atoms with Gasteiger partial charge in [0.15, 0.2) is 0 Å². The normalized spacial score (nSPS) is 10.9. The van der Waals surface area contributed by atoms with E-state index in [0.29, 0.717) is 33.6 Å². The quantitative estimate of drug-likeness (QED) is 0.276. The second-order valence-corrected chi connectivity index (χ2v) is 8.43. The van der Waals surface area contributed by atoms with Crippen LogP contribution in [0.3, 0.4) is 0 Å². The van der Waals surface area contributed by atoms with E-state index in [9.17, 15) is 9.59 Å². The van der Waals surface area contributed by atoms with Gasteiger partial charge in [0.2, 0.25) is 0 Å². The summed E-state index contributed by atoms with van der Waals surface area (Å²) in [5.41, 5.74) is 10.6. The van der Waals surface area contributed by atoms with E-state index in [-0.39, 0.29) is 5.56 Å². The van der Waals surface area contributed by atoms with Gasteiger partial charge in [-0.2, -0.15) is 0 Å². The van der Waals surface area contributed by atoms with Crippen LogP contribution < -0.4 is 11.1 Å². The van der Waals surface area contributed by atoms with Crippen molar-refractivity contribution in [3.8, 4) is 11.1 Å². The van der Waals surface area contributed by atoms with Gasteiger partial charge in [0.05, 0.1) is 35.1 Å². The molecular formula is C23H19IN4O4. The van der Waals surface area contributed by atoms with Crippen molar-refractivity contribution in [1.82, 2.24) is 10.1 Å². The van der Waals surface area contributed by atoms with Crippen LogP contribution in [-0.2, 0) is 4.74 Å². The van der Waals surface area contributed by atoms with Crippen molar-refractivity contribution in [2.75, 3.05) is 12.4 Å². The number of esters is 1. The fourth-order valence-electron chi connectivity index (χ4n) is 3.61. The topological polar surface area (TPSA) is 120 Å². The molecule has 0 aliphatic carbocycles. The zero-order chi connectivity index (χ0) is 23.0. The third kappa shape index (κ3) is 4.03. The number of carbonyl (C=O) groups is 2. The SMILES string of the molecule is COC(=O)c1cc(I)cc(Nc2c(C(N)=O)cnc3cc(-c4c(C)noc4C)ccc23)c1.